The van der Waals surface area contributed by atoms with Crippen molar-refractivity contribution >= 4 is 21.6 Å². The summed E-state index contributed by atoms with van der Waals surface area (Å²) < 4.78 is 38.7. The molecule has 0 fully saturated rings. The number of methoxy groups -OCH3 is 1. The van der Waals surface area contributed by atoms with Crippen LogP contribution in [-0.2, 0) is 14.8 Å². The molecule has 158 valence electrons. The lowest BCUT2D eigenvalue weighted by atomic mass is 10.1. The topological polar surface area (TPSA) is 93.7 Å². The Hall–Kier alpha value is -2.58. The average molecular weight is 421 g/mol. The predicted molar refractivity (Wildman–Crippen MR) is 113 cm³/mol. The molecule has 2 N–H and O–H groups in total. The average Bonchev–Trinajstić information content (AvgIpc) is 2.67. The fourth-order valence-electron chi connectivity index (χ4n) is 2.60. The number of anilines is 1. The van der Waals surface area contributed by atoms with Crippen molar-refractivity contribution in [1.29, 1.82) is 0 Å². The lowest BCUT2D eigenvalue weighted by Gasteiger charge is -2.13. The fraction of sp³-hybridized carbons (Fsp3) is 0.381. The molecule has 0 aromatic heterocycles. The summed E-state index contributed by atoms with van der Waals surface area (Å²) >= 11 is 0. The van der Waals surface area contributed by atoms with Gasteiger partial charge in [-0.25, -0.2) is 8.42 Å². The fourth-order valence-corrected chi connectivity index (χ4v) is 3.93. The normalized spacial score (nSPS) is 11.3. The van der Waals surface area contributed by atoms with E-state index in [0.29, 0.717) is 36.6 Å². The lowest BCUT2D eigenvalue weighted by molar-refractivity contribution is 0.0757. The Labute approximate surface area is 172 Å². The molecule has 0 aliphatic carbocycles. The van der Waals surface area contributed by atoms with Crippen molar-refractivity contribution in [2.45, 2.75) is 38.2 Å². The van der Waals surface area contributed by atoms with Gasteiger partial charge in [0.1, 0.15) is 5.75 Å². The largest absolute Gasteiger partial charge is 0.497 e. The minimum Gasteiger partial charge on any atom is -0.497 e. The molecule has 0 atom stereocenters. The molecular weight excluding hydrogens is 392 g/mol. The summed E-state index contributed by atoms with van der Waals surface area (Å²) in [7, 11) is -2.31. The Morgan fingerprint density at radius 1 is 1.10 bits per heavy atom. The molecule has 2 aromatic carbocycles. The summed E-state index contributed by atoms with van der Waals surface area (Å²) in [6, 6.07) is 11.2. The molecule has 0 saturated heterocycles. The van der Waals surface area contributed by atoms with E-state index in [1.165, 1.54) is 13.2 Å². The van der Waals surface area contributed by atoms with Gasteiger partial charge in [-0.15, -0.1) is 0 Å². The molecule has 0 heterocycles. The lowest BCUT2D eigenvalue weighted by Crippen LogP contribution is -2.26. The predicted octanol–water partition coefficient (Wildman–Crippen LogP) is 3.35. The van der Waals surface area contributed by atoms with Crippen molar-refractivity contribution in [2.24, 2.45) is 0 Å². The molecule has 0 unspecified atom stereocenters. The third kappa shape index (κ3) is 6.76. The Morgan fingerprint density at radius 3 is 2.41 bits per heavy atom. The first kappa shape index (κ1) is 22.7. The van der Waals surface area contributed by atoms with E-state index in [2.05, 4.69) is 10.0 Å². The first-order chi connectivity index (χ1) is 13.7. The van der Waals surface area contributed by atoms with Crippen LogP contribution in [0, 0.1) is 6.92 Å². The SMILES string of the molecule is COc1ccc(NS(=O)(=O)c2cc(C(=O)NCCCOC(C)C)ccc2C)cc1. The Bertz CT molecular complexity index is 925. The maximum absolute atomic E-state index is 12.8. The maximum Gasteiger partial charge on any atom is 0.262 e. The number of aryl methyl sites for hydroxylation is 1. The summed E-state index contributed by atoms with van der Waals surface area (Å²) in [5, 5.41) is 2.79. The standard InChI is InChI=1S/C21H28N2O5S/c1-15(2)28-13-5-12-22-21(24)17-7-6-16(3)20(14-17)29(25,26)23-18-8-10-19(27-4)11-9-18/h6-11,14-15,23H,5,12-13H2,1-4H3,(H,22,24). The summed E-state index contributed by atoms with van der Waals surface area (Å²) in [5.74, 6) is 0.303. The van der Waals surface area contributed by atoms with Crippen LogP contribution in [-0.4, -0.2) is 40.7 Å². The van der Waals surface area contributed by atoms with E-state index in [9.17, 15) is 13.2 Å². The van der Waals surface area contributed by atoms with Crippen LogP contribution in [0.1, 0.15) is 36.2 Å². The Kier molecular flexibility index (Phi) is 8.04. The Balaban J connectivity index is 2.09. The first-order valence-electron chi connectivity index (χ1n) is 9.40. The van der Waals surface area contributed by atoms with Crippen molar-refractivity contribution in [3.63, 3.8) is 0 Å². The van der Waals surface area contributed by atoms with Crippen LogP contribution in [0.2, 0.25) is 0 Å². The number of amides is 1. The minimum absolute atomic E-state index is 0.0594. The highest BCUT2D eigenvalue weighted by Crippen LogP contribution is 2.22. The van der Waals surface area contributed by atoms with E-state index in [4.69, 9.17) is 9.47 Å². The molecule has 1 amide bonds. The monoisotopic (exact) mass is 420 g/mol. The smallest absolute Gasteiger partial charge is 0.262 e. The van der Waals surface area contributed by atoms with Gasteiger partial charge in [0.2, 0.25) is 0 Å². The van der Waals surface area contributed by atoms with E-state index >= 15 is 0 Å². The second kappa shape index (κ2) is 10.3. The number of hydrogen-bond donors (Lipinski definition) is 2. The second-order valence-electron chi connectivity index (χ2n) is 6.84. The molecule has 0 aliphatic rings. The maximum atomic E-state index is 12.8. The van der Waals surface area contributed by atoms with Crippen LogP contribution in [0.4, 0.5) is 5.69 Å². The third-order valence-electron chi connectivity index (χ3n) is 4.14. The van der Waals surface area contributed by atoms with Gasteiger partial charge in [0, 0.05) is 24.4 Å². The van der Waals surface area contributed by atoms with Gasteiger partial charge in [0.15, 0.2) is 0 Å². The van der Waals surface area contributed by atoms with Crippen LogP contribution < -0.4 is 14.8 Å². The van der Waals surface area contributed by atoms with E-state index in [1.54, 1.807) is 43.3 Å². The van der Waals surface area contributed by atoms with Crippen LogP contribution in [0.3, 0.4) is 0 Å². The van der Waals surface area contributed by atoms with Gasteiger partial charge in [0.05, 0.1) is 18.1 Å². The molecule has 0 aliphatic heterocycles. The van der Waals surface area contributed by atoms with Gasteiger partial charge < -0.3 is 14.8 Å². The van der Waals surface area contributed by atoms with Crippen molar-refractivity contribution in [2.75, 3.05) is 25.0 Å². The highest BCUT2D eigenvalue weighted by atomic mass is 32.2. The van der Waals surface area contributed by atoms with Crippen molar-refractivity contribution in [1.82, 2.24) is 5.32 Å². The van der Waals surface area contributed by atoms with Gasteiger partial charge in [-0.05, 0) is 69.2 Å². The molecule has 8 heteroatoms. The molecular formula is C21H28N2O5S. The number of benzene rings is 2. The minimum atomic E-state index is -3.85. The van der Waals surface area contributed by atoms with E-state index in [1.807, 2.05) is 13.8 Å². The summed E-state index contributed by atoms with van der Waals surface area (Å²) in [6.45, 7) is 6.59. The van der Waals surface area contributed by atoms with E-state index in [0.717, 1.165) is 0 Å². The van der Waals surface area contributed by atoms with E-state index in [-0.39, 0.29) is 22.5 Å². The summed E-state index contributed by atoms with van der Waals surface area (Å²) in [5.41, 5.74) is 1.24. The number of carbonyl (C=O) groups is 1. The zero-order chi connectivity index (χ0) is 21.4. The van der Waals surface area contributed by atoms with E-state index < -0.39 is 10.0 Å². The van der Waals surface area contributed by atoms with Gasteiger partial charge in [0.25, 0.3) is 15.9 Å². The molecule has 0 radical (unpaired) electrons. The molecule has 2 rings (SSSR count). The van der Waals surface area contributed by atoms with Crippen molar-refractivity contribution in [3.05, 3.63) is 53.6 Å². The second-order valence-corrected chi connectivity index (χ2v) is 8.49. The number of carbonyl (C=O) groups excluding carboxylic acids is 1. The van der Waals surface area contributed by atoms with Crippen LogP contribution >= 0.6 is 0 Å². The van der Waals surface area contributed by atoms with Crippen LogP contribution in [0.25, 0.3) is 0 Å². The van der Waals surface area contributed by atoms with Gasteiger partial charge in [-0.2, -0.15) is 0 Å². The highest BCUT2D eigenvalue weighted by Gasteiger charge is 2.19. The Morgan fingerprint density at radius 2 is 1.79 bits per heavy atom. The molecule has 0 saturated carbocycles. The zero-order valence-corrected chi connectivity index (χ0v) is 18.0. The molecule has 2 aromatic rings. The van der Waals surface area contributed by atoms with Crippen molar-refractivity contribution in [3.8, 4) is 5.75 Å². The van der Waals surface area contributed by atoms with Crippen LogP contribution in [0.5, 0.6) is 5.75 Å². The molecule has 0 bridgehead atoms. The quantitative estimate of drug-likeness (QED) is 0.575. The summed E-state index contributed by atoms with van der Waals surface area (Å²) in [6.07, 6.45) is 0.828. The molecule has 0 spiro atoms. The van der Waals surface area contributed by atoms with Crippen LogP contribution in [0.15, 0.2) is 47.4 Å². The van der Waals surface area contributed by atoms with Gasteiger partial charge in [-0.1, -0.05) is 6.07 Å². The first-order valence-corrected chi connectivity index (χ1v) is 10.9. The van der Waals surface area contributed by atoms with Crippen molar-refractivity contribution < 1.29 is 22.7 Å². The number of ether oxygens (including phenoxy) is 2. The molecule has 7 nitrogen and oxygen atoms in total. The number of sulfonamides is 1. The summed E-state index contributed by atoms with van der Waals surface area (Å²) in [4.78, 5) is 12.4. The van der Waals surface area contributed by atoms with Gasteiger partial charge in [-0.3, -0.25) is 9.52 Å². The molecule has 29 heavy (non-hydrogen) atoms. The van der Waals surface area contributed by atoms with Gasteiger partial charge >= 0.3 is 0 Å². The highest BCUT2D eigenvalue weighted by molar-refractivity contribution is 7.92. The zero-order valence-electron chi connectivity index (χ0n) is 17.2. The number of rotatable bonds is 10. The third-order valence-corrected chi connectivity index (χ3v) is 5.66. The number of hydrogen-bond acceptors (Lipinski definition) is 5. The number of nitrogens with one attached hydrogen (secondary N) is 2.